The monoisotopic (exact) mass is 460 g/mol. The molecule has 168 valence electrons. The molecule has 0 fully saturated rings. The normalized spacial score (nSPS) is 11.2. The number of carbonyl (C=O) groups is 2. The maximum atomic E-state index is 12.0. The van der Waals surface area contributed by atoms with Crippen LogP contribution < -0.4 is 10.2 Å². The Bertz CT molecular complexity index is 1210. The number of rotatable bonds is 5. The number of alkyl carbamates (subject to hydrolysis) is 1. The van der Waals surface area contributed by atoms with E-state index in [2.05, 4.69) is 29.6 Å². The molecule has 0 bridgehead atoms. The van der Waals surface area contributed by atoms with Crippen LogP contribution in [0.2, 0.25) is 0 Å². The van der Waals surface area contributed by atoms with Crippen LogP contribution in [0.5, 0.6) is 0 Å². The van der Waals surface area contributed by atoms with E-state index in [4.69, 9.17) is 21.7 Å². The minimum atomic E-state index is -0.595. The summed E-state index contributed by atoms with van der Waals surface area (Å²) >= 11 is 5.57. The van der Waals surface area contributed by atoms with Crippen LogP contribution in [0.3, 0.4) is 0 Å². The molecule has 3 aromatic carbocycles. The number of anilines is 1. The van der Waals surface area contributed by atoms with E-state index >= 15 is 0 Å². The van der Waals surface area contributed by atoms with Gasteiger partial charge in [0.25, 0.3) is 0 Å². The van der Waals surface area contributed by atoms with Gasteiger partial charge in [-0.25, -0.2) is 9.59 Å². The summed E-state index contributed by atoms with van der Waals surface area (Å²) in [4.78, 5) is 25.6. The van der Waals surface area contributed by atoms with Crippen molar-refractivity contribution in [2.75, 3.05) is 18.6 Å². The van der Waals surface area contributed by atoms with Crippen molar-refractivity contribution in [3.63, 3.8) is 0 Å². The van der Waals surface area contributed by atoms with E-state index in [9.17, 15) is 9.59 Å². The van der Waals surface area contributed by atoms with Gasteiger partial charge in [-0.2, -0.15) is 0 Å². The van der Waals surface area contributed by atoms with Crippen molar-refractivity contribution in [1.82, 2.24) is 5.32 Å². The molecule has 7 heteroatoms. The molecule has 1 aliphatic carbocycles. The summed E-state index contributed by atoms with van der Waals surface area (Å²) in [5, 5.41) is 2.88. The lowest BCUT2D eigenvalue weighted by molar-refractivity contribution is 0.0600. The number of fused-ring (bicyclic) bond motifs is 3. The van der Waals surface area contributed by atoms with Crippen molar-refractivity contribution in [2.45, 2.75) is 19.9 Å². The number of methoxy groups -OCH3 is 1. The Kier molecular flexibility index (Phi) is 6.70. The van der Waals surface area contributed by atoms with Crippen molar-refractivity contribution in [3.8, 4) is 11.1 Å². The molecular formula is C26H24N2O4S. The van der Waals surface area contributed by atoms with Gasteiger partial charge in [0, 0.05) is 5.69 Å². The van der Waals surface area contributed by atoms with E-state index in [-0.39, 0.29) is 11.7 Å². The lowest BCUT2D eigenvalue weighted by Gasteiger charge is -2.26. The summed E-state index contributed by atoms with van der Waals surface area (Å²) in [6.45, 7) is 2.39. The van der Waals surface area contributed by atoms with Gasteiger partial charge in [0.05, 0.1) is 25.8 Å². The molecule has 0 radical (unpaired) electrons. The number of hydrogen-bond acceptors (Lipinski definition) is 5. The number of ether oxygens (including phenoxy) is 2. The summed E-state index contributed by atoms with van der Waals surface area (Å²) in [5.41, 5.74) is 7.20. The number of nitrogens with zero attached hydrogens (tertiary/aromatic N) is 1. The van der Waals surface area contributed by atoms with E-state index in [0.29, 0.717) is 12.1 Å². The Balaban J connectivity index is 1.63. The van der Waals surface area contributed by atoms with Gasteiger partial charge < -0.3 is 14.4 Å². The summed E-state index contributed by atoms with van der Waals surface area (Å²) in [6, 6.07) is 21.7. The molecule has 1 amide bonds. The third-order valence-corrected chi connectivity index (χ3v) is 5.86. The number of thiocarbonyl (C=S) groups is 1. The van der Waals surface area contributed by atoms with Crippen LogP contribution in [-0.2, 0) is 22.4 Å². The van der Waals surface area contributed by atoms with Crippen LogP contribution in [-0.4, -0.2) is 30.9 Å². The SMILES string of the molecule is CCOC(=O)NC(=S)N(Cc1ccc(C(=O)OC)cc1)c1ccc2c(c1)Cc1ccccc1-2. The summed E-state index contributed by atoms with van der Waals surface area (Å²) in [5.74, 6) is -0.393. The maximum Gasteiger partial charge on any atom is 0.413 e. The van der Waals surface area contributed by atoms with Crippen LogP contribution in [0.15, 0.2) is 66.7 Å². The Hall–Kier alpha value is -3.71. The van der Waals surface area contributed by atoms with E-state index in [1.54, 1.807) is 19.1 Å². The lowest BCUT2D eigenvalue weighted by Crippen LogP contribution is -2.42. The average Bonchev–Trinajstić information content (AvgIpc) is 3.20. The molecule has 1 N–H and O–H groups in total. The predicted octanol–water partition coefficient (Wildman–Crippen LogP) is 5.08. The highest BCUT2D eigenvalue weighted by molar-refractivity contribution is 7.80. The highest BCUT2D eigenvalue weighted by Gasteiger charge is 2.22. The summed E-state index contributed by atoms with van der Waals surface area (Å²) in [7, 11) is 1.35. The fraction of sp³-hybridized carbons (Fsp3) is 0.192. The molecule has 0 aromatic heterocycles. The Morgan fingerprint density at radius 1 is 1.00 bits per heavy atom. The standard InChI is InChI=1S/C26H24N2O4S/c1-3-32-26(30)27-25(33)28(16-17-8-10-18(11-9-17)24(29)31-2)21-12-13-23-20(15-21)14-19-6-4-5-7-22(19)23/h4-13,15H,3,14,16H2,1-2H3,(H,27,30,33). The predicted molar refractivity (Wildman–Crippen MR) is 131 cm³/mol. The maximum absolute atomic E-state index is 12.0. The molecule has 0 spiro atoms. The third kappa shape index (κ3) is 4.88. The zero-order valence-electron chi connectivity index (χ0n) is 18.5. The molecule has 3 aromatic rings. The Morgan fingerprint density at radius 2 is 1.73 bits per heavy atom. The fourth-order valence-corrected chi connectivity index (χ4v) is 4.20. The van der Waals surface area contributed by atoms with Gasteiger partial charge in [0.15, 0.2) is 5.11 Å². The van der Waals surface area contributed by atoms with Gasteiger partial charge in [0.2, 0.25) is 0 Å². The second-order valence-electron chi connectivity index (χ2n) is 7.60. The number of esters is 1. The van der Waals surface area contributed by atoms with E-state index in [1.165, 1.54) is 29.4 Å². The van der Waals surface area contributed by atoms with Gasteiger partial charge in [-0.15, -0.1) is 0 Å². The van der Waals surface area contributed by atoms with Crippen molar-refractivity contribution < 1.29 is 19.1 Å². The molecule has 6 nitrogen and oxygen atoms in total. The highest BCUT2D eigenvalue weighted by Crippen LogP contribution is 2.38. The zero-order chi connectivity index (χ0) is 23.4. The smallest absolute Gasteiger partial charge is 0.413 e. The van der Waals surface area contributed by atoms with Crippen LogP contribution in [0.4, 0.5) is 10.5 Å². The van der Waals surface area contributed by atoms with Gasteiger partial charge in [-0.3, -0.25) is 5.32 Å². The first-order valence-electron chi connectivity index (χ1n) is 10.6. The van der Waals surface area contributed by atoms with E-state index in [0.717, 1.165) is 17.7 Å². The minimum Gasteiger partial charge on any atom is -0.465 e. The lowest BCUT2D eigenvalue weighted by atomic mass is 10.0. The molecule has 0 atom stereocenters. The molecule has 0 aliphatic heterocycles. The molecule has 0 saturated heterocycles. The first-order chi connectivity index (χ1) is 16.0. The number of nitrogens with one attached hydrogen (secondary N) is 1. The van der Waals surface area contributed by atoms with Crippen LogP contribution >= 0.6 is 12.2 Å². The molecule has 1 aliphatic rings. The van der Waals surface area contributed by atoms with Gasteiger partial charge in [0.1, 0.15) is 0 Å². The Labute approximate surface area is 198 Å². The second kappa shape index (κ2) is 9.83. The van der Waals surface area contributed by atoms with E-state index in [1.807, 2.05) is 35.2 Å². The quantitative estimate of drug-likeness (QED) is 0.331. The van der Waals surface area contributed by atoms with Crippen molar-refractivity contribution in [3.05, 3.63) is 89.0 Å². The minimum absolute atomic E-state index is 0.237. The number of amides is 1. The molecule has 0 unspecified atom stereocenters. The molecular weight excluding hydrogens is 436 g/mol. The number of hydrogen-bond donors (Lipinski definition) is 1. The van der Waals surface area contributed by atoms with Crippen molar-refractivity contribution in [1.29, 1.82) is 0 Å². The molecule has 4 rings (SSSR count). The van der Waals surface area contributed by atoms with Crippen molar-refractivity contribution >= 4 is 35.1 Å². The average molecular weight is 461 g/mol. The first kappa shape index (κ1) is 22.5. The Morgan fingerprint density at radius 3 is 2.45 bits per heavy atom. The van der Waals surface area contributed by atoms with E-state index < -0.39 is 12.1 Å². The molecule has 0 saturated carbocycles. The van der Waals surface area contributed by atoms with Gasteiger partial charge in [-0.05, 0) is 77.6 Å². The zero-order valence-corrected chi connectivity index (χ0v) is 19.3. The van der Waals surface area contributed by atoms with Crippen LogP contribution in [0.1, 0.15) is 34.0 Å². The first-order valence-corrected chi connectivity index (χ1v) is 11.0. The second-order valence-corrected chi connectivity index (χ2v) is 7.99. The fourth-order valence-electron chi connectivity index (χ4n) is 3.95. The van der Waals surface area contributed by atoms with Gasteiger partial charge >= 0.3 is 12.1 Å². The number of carbonyl (C=O) groups excluding carboxylic acids is 2. The summed E-state index contributed by atoms with van der Waals surface area (Å²) in [6.07, 6.45) is 0.251. The third-order valence-electron chi connectivity index (χ3n) is 5.53. The van der Waals surface area contributed by atoms with Gasteiger partial charge in [-0.1, -0.05) is 42.5 Å². The van der Waals surface area contributed by atoms with Crippen LogP contribution in [0.25, 0.3) is 11.1 Å². The van der Waals surface area contributed by atoms with Crippen molar-refractivity contribution in [2.24, 2.45) is 0 Å². The summed E-state index contributed by atoms with van der Waals surface area (Å²) < 4.78 is 9.77. The number of benzene rings is 3. The van der Waals surface area contributed by atoms with Crippen LogP contribution in [0, 0.1) is 0 Å². The topological polar surface area (TPSA) is 67.9 Å². The molecule has 33 heavy (non-hydrogen) atoms. The largest absolute Gasteiger partial charge is 0.465 e. The highest BCUT2D eigenvalue weighted by atomic mass is 32.1. The molecule has 0 heterocycles.